The number of piperidine rings is 1. The Kier molecular flexibility index (Phi) is 8.21. The zero-order valence-electron chi connectivity index (χ0n) is 23.1. The van der Waals surface area contributed by atoms with Crippen LogP contribution in [0.25, 0.3) is 28.1 Å². The van der Waals surface area contributed by atoms with E-state index in [0.717, 1.165) is 74.1 Å². The molecule has 210 valence electrons. The Morgan fingerprint density at radius 3 is 2.41 bits per heavy atom. The maximum absolute atomic E-state index is 13.7. The Morgan fingerprint density at radius 1 is 0.927 bits per heavy atom. The zero-order valence-corrected chi connectivity index (χ0v) is 23.9. The third-order valence-electron chi connectivity index (χ3n) is 8.26. The molecule has 1 N–H and O–H groups in total. The largest absolute Gasteiger partial charge is 0.366 e. The predicted molar refractivity (Wildman–Crippen MR) is 168 cm³/mol. The topological polar surface area (TPSA) is 59.7 Å². The van der Waals surface area contributed by atoms with Crippen LogP contribution in [0.2, 0.25) is 5.02 Å². The van der Waals surface area contributed by atoms with Crippen LogP contribution in [-0.4, -0.2) is 66.5 Å². The number of piperazine rings is 1. The summed E-state index contributed by atoms with van der Waals surface area (Å²) in [7, 11) is 0. The van der Waals surface area contributed by atoms with Crippen molar-refractivity contribution in [2.75, 3.05) is 50.7 Å². The summed E-state index contributed by atoms with van der Waals surface area (Å²) in [6.45, 7) is 5.35. The molecule has 0 unspecified atom stereocenters. The second kappa shape index (κ2) is 12.3. The molecule has 3 heterocycles. The molecule has 6 nitrogen and oxygen atoms in total. The van der Waals surface area contributed by atoms with Gasteiger partial charge < -0.3 is 14.8 Å². The van der Waals surface area contributed by atoms with Crippen LogP contribution < -0.4 is 10.5 Å². The first-order valence-electron chi connectivity index (χ1n) is 14.5. The van der Waals surface area contributed by atoms with E-state index in [1.54, 1.807) is 6.07 Å². The van der Waals surface area contributed by atoms with E-state index in [9.17, 15) is 9.59 Å². The first kappa shape index (κ1) is 27.3. The highest BCUT2D eigenvalue weighted by Crippen LogP contribution is 2.37. The van der Waals surface area contributed by atoms with Crippen LogP contribution in [0.5, 0.6) is 0 Å². The highest BCUT2D eigenvalue weighted by molar-refractivity contribution is 6.31. The van der Waals surface area contributed by atoms with Crippen molar-refractivity contribution in [3.63, 3.8) is 0 Å². The zero-order chi connectivity index (χ0) is 28.2. The van der Waals surface area contributed by atoms with E-state index in [4.69, 9.17) is 11.6 Å². The number of rotatable bonds is 6. The molecule has 7 heteroatoms. The van der Waals surface area contributed by atoms with Gasteiger partial charge in [0.25, 0.3) is 5.56 Å². The number of halogens is 1. The lowest BCUT2D eigenvalue weighted by Crippen LogP contribution is -2.52. The van der Waals surface area contributed by atoms with Crippen LogP contribution >= 0.6 is 11.6 Å². The minimum atomic E-state index is -0.135. The summed E-state index contributed by atoms with van der Waals surface area (Å²) in [6.07, 6.45) is 6.06. The summed E-state index contributed by atoms with van der Waals surface area (Å²) in [5.74, 6) is 0.0714. The van der Waals surface area contributed by atoms with Gasteiger partial charge in [0.15, 0.2) is 0 Å². The third-order valence-corrected chi connectivity index (χ3v) is 8.49. The lowest BCUT2D eigenvalue weighted by molar-refractivity contribution is -0.137. The summed E-state index contributed by atoms with van der Waals surface area (Å²) in [4.78, 5) is 36.9. The average molecular weight is 567 g/mol. The van der Waals surface area contributed by atoms with Gasteiger partial charge in [0.05, 0.1) is 5.92 Å². The van der Waals surface area contributed by atoms with Crippen molar-refractivity contribution in [3.8, 4) is 11.1 Å². The molecule has 2 aliphatic rings. The first-order chi connectivity index (χ1) is 20.1. The number of carbonyl (C=O) groups is 1. The molecule has 0 bridgehead atoms. The molecule has 2 aliphatic heterocycles. The molecule has 0 aliphatic carbocycles. The molecule has 4 aromatic rings. The maximum atomic E-state index is 13.7. The standard InChI is InChI=1S/C34H35ClN4O2/c35-28-15-16-30-29(23-28)31(26-12-5-2-6-13-26)32(33(40)36-30)39-18-8-14-27(24-39)34(41)38-21-19-37(20-22-38)17-7-11-25-9-3-1-4-10-25/h1-7,9-13,15-16,23,27H,8,14,17-22,24H2,(H,36,40)/b11-7+/t27-/m1/s1. The average Bonchev–Trinajstić information content (AvgIpc) is 3.01. The van der Waals surface area contributed by atoms with Crippen molar-refractivity contribution < 1.29 is 4.79 Å². The molecule has 2 fully saturated rings. The number of carbonyl (C=O) groups excluding carboxylic acids is 1. The van der Waals surface area contributed by atoms with E-state index >= 15 is 0 Å². The Morgan fingerprint density at radius 2 is 1.66 bits per heavy atom. The van der Waals surface area contributed by atoms with E-state index in [-0.39, 0.29) is 17.4 Å². The Balaban J connectivity index is 1.17. The van der Waals surface area contributed by atoms with Crippen molar-refractivity contribution in [2.24, 2.45) is 5.92 Å². The normalized spacial score (nSPS) is 18.3. The van der Waals surface area contributed by atoms with Crippen LogP contribution in [0.3, 0.4) is 0 Å². The lowest BCUT2D eigenvalue weighted by atomic mass is 9.93. The van der Waals surface area contributed by atoms with Crippen LogP contribution in [0, 0.1) is 5.92 Å². The van der Waals surface area contributed by atoms with Crippen molar-refractivity contribution in [1.82, 2.24) is 14.8 Å². The number of benzene rings is 3. The molecule has 1 amide bonds. The number of aromatic nitrogens is 1. The molecule has 3 aromatic carbocycles. The number of aromatic amines is 1. The summed E-state index contributed by atoms with van der Waals surface area (Å²) in [5.41, 5.74) is 4.28. The second-order valence-corrected chi connectivity index (χ2v) is 11.4. The van der Waals surface area contributed by atoms with E-state index < -0.39 is 0 Å². The van der Waals surface area contributed by atoms with Crippen molar-refractivity contribution in [2.45, 2.75) is 12.8 Å². The second-order valence-electron chi connectivity index (χ2n) is 11.0. The van der Waals surface area contributed by atoms with Crippen molar-refractivity contribution in [3.05, 3.63) is 106 Å². The van der Waals surface area contributed by atoms with Crippen LogP contribution in [0.4, 0.5) is 5.69 Å². The van der Waals surface area contributed by atoms with Crippen LogP contribution in [-0.2, 0) is 4.79 Å². The monoisotopic (exact) mass is 566 g/mol. The van der Waals surface area contributed by atoms with Crippen LogP contribution in [0.1, 0.15) is 18.4 Å². The third kappa shape index (κ3) is 6.09. The van der Waals surface area contributed by atoms with Gasteiger partial charge in [0.1, 0.15) is 5.69 Å². The molecule has 6 rings (SSSR count). The number of amides is 1. The highest BCUT2D eigenvalue weighted by atomic mass is 35.5. The predicted octanol–water partition coefficient (Wildman–Crippen LogP) is 5.92. The number of hydrogen-bond donors (Lipinski definition) is 1. The summed E-state index contributed by atoms with van der Waals surface area (Å²) < 4.78 is 0. The fourth-order valence-corrected chi connectivity index (χ4v) is 6.32. The number of pyridine rings is 1. The number of nitrogens with one attached hydrogen (secondary N) is 1. The Bertz CT molecular complexity index is 1590. The molecule has 0 radical (unpaired) electrons. The minimum Gasteiger partial charge on any atom is -0.366 e. The number of H-pyrrole nitrogens is 1. The van der Waals surface area contributed by atoms with E-state index in [2.05, 4.69) is 39.1 Å². The van der Waals surface area contributed by atoms with Gasteiger partial charge in [-0.15, -0.1) is 0 Å². The molecule has 1 atom stereocenters. The summed E-state index contributed by atoms with van der Waals surface area (Å²) in [5, 5.41) is 1.53. The molecule has 1 aromatic heterocycles. The van der Waals surface area contributed by atoms with Gasteiger partial charge in [0, 0.05) is 67.3 Å². The molecule has 2 saturated heterocycles. The molecular formula is C34H35ClN4O2. The molecule has 0 saturated carbocycles. The van der Waals surface area contributed by atoms with Crippen LogP contribution in [0.15, 0.2) is 89.7 Å². The fourth-order valence-electron chi connectivity index (χ4n) is 6.15. The van der Waals surface area contributed by atoms with Gasteiger partial charge in [-0.2, -0.15) is 0 Å². The highest BCUT2D eigenvalue weighted by Gasteiger charge is 2.33. The van der Waals surface area contributed by atoms with E-state index in [0.29, 0.717) is 17.3 Å². The molecule has 0 spiro atoms. The number of fused-ring (bicyclic) bond motifs is 1. The fraction of sp³-hybridized carbons (Fsp3) is 0.294. The molecule has 41 heavy (non-hydrogen) atoms. The minimum absolute atomic E-state index is 0.133. The van der Waals surface area contributed by atoms with Gasteiger partial charge in [-0.3, -0.25) is 14.5 Å². The SMILES string of the molecule is O=C([C@@H]1CCCN(c2c(-c3ccccc3)c3cc(Cl)ccc3[nH]c2=O)C1)N1CCN(C/C=C/c2ccccc2)CC1. The number of nitrogens with zero attached hydrogens (tertiary/aromatic N) is 3. The number of hydrogen-bond acceptors (Lipinski definition) is 4. The lowest BCUT2D eigenvalue weighted by Gasteiger charge is -2.39. The van der Waals surface area contributed by atoms with Gasteiger partial charge in [-0.1, -0.05) is 84.4 Å². The Labute approximate surface area is 245 Å². The van der Waals surface area contributed by atoms with Crippen molar-refractivity contribution >= 4 is 40.2 Å². The smallest absolute Gasteiger partial charge is 0.272 e. The Hall–Kier alpha value is -3.87. The first-order valence-corrected chi connectivity index (χ1v) is 14.8. The number of anilines is 1. The van der Waals surface area contributed by atoms with E-state index in [1.807, 2.05) is 65.6 Å². The maximum Gasteiger partial charge on any atom is 0.272 e. The summed E-state index contributed by atoms with van der Waals surface area (Å²) >= 11 is 6.41. The quantitative estimate of drug-likeness (QED) is 0.315. The van der Waals surface area contributed by atoms with Gasteiger partial charge in [-0.05, 0) is 42.2 Å². The van der Waals surface area contributed by atoms with Gasteiger partial charge in [-0.25, -0.2) is 0 Å². The van der Waals surface area contributed by atoms with Gasteiger partial charge >= 0.3 is 0 Å². The molecular weight excluding hydrogens is 532 g/mol. The summed E-state index contributed by atoms with van der Waals surface area (Å²) in [6, 6.07) is 25.9. The van der Waals surface area contributed by atoms with E-state index in [1.165, 1.54) is 5.56 Å². The van der Waals surface area contributed by atoms with Crippen molar-refractivity contribution in [1.29, 1.82) is 0 Å². The van der Waals surface area contributed by atoms with Gasteiger partial charge in [0.2, 0.25) is 5.91 Å².